The van der Waals surface area contributed by atoms with Crippen molar-refractivity contribution >= 4 is 13.8 Å². The van der Waals surface area contributed by atoms with E-state index in [0.29, 0.717) is 13.0 Å². The summed E-state index contributed by atoms with van der Waals surface area (Å²) in [6, 6.07) is 0. The predicted octanol–water partition coefficient (Wildman–Crippen LogP) is 9.75. The normalized spacial score (nSPS) is 22.8. The summed E-state index contributed by atoms with van der Waals surface area (Å²) in [5.74, 6) is -0.607. The lowest BCUT2D eigenvalue weighted by Crippen LogP contribution is -2.64. The van der Waals surface area contributed by atoms with Gasteiger partial charge in [-0.2, -0.15) is 0 Å². The van der Waals surface area contributed by atoms with Gasteiger partial charge < -0.3 is 39.9 Å². The molecule has 0 amide bonds. The molecule has 0 aliphatic heterocycles. The van der Waals surface area contributed by atoms with Crippen molar-refractivity contribution in [2.45, 2.75) is 198 Å². The number of aliphatic hydroxyl groups is 5. The van der Waals surface area contributed by atoms with E-state index in [4.69, 9.17) is 18.5 Å². The molecule has 0 heterocycles. The molecule has 1 aliphatic carbocycles. The second-order valence-corrected chi connectivity index (χ2v) is 17.3. The summed E-state index contributed by atoms with van der Waals surface area (Å²) < 4.78 is 34.0. The van der Waals surface area contributed by atoms with Crippen molar-refractivity contribution in [3.8, 4) is 0 Å². The highest BCUT2D eigenvalue weighted by molar-refractivity contribution is 7.47. The Kier molecular flexibility index (Phi) is 36.1. The number of allylic oxidation sites excluding steroid dienone is 13. The van der Waals surface area contributed by atoms with Gasteiger partial charge >= 0.3 is 13.8 Å². The van der Waals surface area contributed by atoms with Gasteiger partial charge in [-0.15, -0.1) is 0 Å². The number of esters is 1. The van der Waals surface area contributed by atoms with Crippen LogP contribution in [0.5, 0.6) is 0 Å². The van der Waals surface area contributed by atoms with Crippen LogP contribution < -0.4 is 0 Å². The fraction of sp³-hybridized carbons (Fsp3) is 0.694. The lowest BCUT2D eigenvalue weighted by Gasteiger charge is -2.41. The van der Waals surface area contributed by atoms with E-state index in [9.17, 15) is 39.8 Å². The van der Waals surface area contributed by atoms with E-state index in [-0.39, 0.29) is 13.0 Å². The van der Waals surface area contributed by atoms with Gasteiger partial charge in [0.25, 0.3) is 0 Å². The van der Waals surface area contributed by atoms with E-state index in [1.807, 2.05) is 18.2 Å². The van der Waals surface area contributed by atoms with E-state index < -0.39 is 63.1 Å². The largest absolute Gasteiger partial charge is 0.472 e. The van der Waals surface area contributed by atoms with Crippen LogP contribution in [-0.4, -0.2) is 98.9 Å². The minimum atomic E-state index is -5.05. The Labute approximate surface area is 373 Å². The first-order chi connectivity index (χ1) is 30.0. The first kappa shape index (κ1) is 57.5. The van der Waals surface area contributed by atoms with Gasteiger partial charge in [0, 0.05) is 6.61 Å². The molecule has 0 spiro atoms. The average molecular weight is 895 g/mol. The summed E-state index contributed by atoms with van der Waals surface area (Å²) in [5, 5.41) is 50.2. The summed E-state index contributed by atoms with van der Waals surface area (Å²) >= 11 is 0. The second kappa shape index (κ2) is 38.9. The molecule has 0 aromatic rings. The van der Waals surface area contributed by atoms with Gasteiger partial charge in [0.05, 0.1) is 19.6 Å². The van der Waals surface area contributed by atoms with Crippen LogP contribution in [0, 0.1) is 0 Å². The minimum absolute atomic E-state index is 0.0510. The van der Waals surface area contributed by atoms with Crippen LogP contribution in [0.4, 0.5) is 0 Å². The molecular weight excluding hydrogens is 812 g/mol. The SMILES string of the molecule is CC/C=C\C/C=C\C/C=C\C/C=C\C/C=C\CC(=O)OC(COCCCCCCCCCCCC/C=C\C/C=C\CCCCC)COP(=O)(O)OC1C(O)C(O)C(O)C(O)C1O. The van der Waals surface area contributed by atoms with E-state index in [2.05, 4.69) is 74.6 Å². The molecule has 0 saturated heterocycles. The van der Waals surface area contributed by atoms with Crippen LogP contribution >= 0.6 is 7.82 Å². The Hall–Kier alpha value is -2.48. The quantitative estimate of drug-likeness (QED) is 0.0149. The molecule has 12 nitrogen and oxygen atoms in total. The van der Waals surface area contributed by atoms with Crippen LogP contribution in [0.2, 0.25) is 0 Å². The second-order valence-electron chi connectivity index (χ2n) is 15.9. The molecule has 0 aromatic carbocycles. The van der Waals surface area contributed by atoms with E-state index in [1.54, 1.807) is 6.08 Å². The Bertz CT molecular complexity index is 1340. The van der Waals surface area contributed by atoms with Crippen LogP contribution in [0.25, 0.3) is 0 Å². The molecule has 6 N–H and O–H groups in total. The molecule has 0 radical (unpaired) electrons. The maximum absolute atomic E-state index is 12.8. The lowest BCUT2D eigenvalue weighted by molar-refractivity contribution is -0.220. The fourth-order valence-corrected chi connectivity index (χ4v) is 7.55. The topological polar surface area (TPSA) is 192 Å². The molecule has 6 atom stereocenters. The maximum Gasteiger partial charge on any atom is 0.472 e. The summed E-state index contributed by atoms with van der Waals surface area (Å²) in [5.41, 5.74) is 0. The smallest absolute Gasteiger partial charge is 0.457 e. The zero-order chi connectivity index (χ0) is 45.5. The van der Waals surface area contributed by atoms with Crippen LogP contribution in [0.3, 0.4) is 0 Å². The highest BCUT2D eigenvalue weighted by Gasteiger charge is 2.51. The van der Waals surface area contributed by atoms with Gasteiger partial charge in [0.1, 0.15) is 42.7 Å². The van der Waals surface area contributed by atoms with Crippen LogP contribution in [-0.2, 0) is 27.9 Å². The number of unbranched alkanes of at least 4 members (excludes halogenated alkanes) is 13. The maximum atomic E-state index is 12.8. The van der Waals surface area contributed by atoms with Crippen molar-refractivity contribution in [1.29, 1.82) is 0 Å². The number of phosphoric acid groups is 1. The lowest BCUT2D eigenvalue weighted by atomic mass is 9.85. The van der Waals surface area contributed by atoms with Gasteiger partial charge in [-0.3, -0.25) is 13.8 Å². The molecule has 6 unspecified atom stereocenters. The number of carbonyl (C=O) groups excluding carboxylic acids is 1. The Morgan fingerprint density at radius 2 is 0.952 bits per heavy atom. The third-order valence-corrected chi connectivity index (χ3v) is 11.3. The first-order valence-corrected chi connectivity index (χ1v) is 24.9. The summed E-state index contributed by atoms with van der Waals surface area (Å²) in [4.78, 5) is 23.1. The molecule has 62 heavy (non-hydrogen) atoms. The predicted molar refractivity (Wildman–Crippen MR) is 248 cm³/mol. The molecule has 356 valence electrons. The number of hydrogen-bond donors (Lipinski definition) is 6. The van der Waals surface area contributed by atoms with Crippen molar-refractivity contribution in [1.82, 2.24) is 0 Å². The van der Waals surface area contributed by atoms with Crippen molar-refractivity contribution in [2.24, 2.45) is 0 Å². The molecule has 0 aromatic heterocycles. The molecule has 1 saturated carbocycles. The van der Waals surface area contributed by atoms with Crippen molar-refractivity contribution < 1.29 is 58.3 Å². The van der Waals surface area contributed by atoms with Gasteiger partial charge in [0.15, 0.2) is 0 Å². The van der Waals surface area contributed by atoms with Gasteiger partial charge in [-0.05, 0) is 70.6 Å². The monoisotopic (exact) mass is 895 g/mol. The molecule has 1 rings (SSSR count). The highest BCUT2D eigenvalue weighted by atomic mass is 31.2. The number of phosphoric ester groups is 1. The third kappa shape index (κ3) is 30.6. The number of rotatable bonds is 38. The summed E-state index contributed by atoms with van der Waals surface area (Å²) in [6.45, 7) is 3.99. The number of ether oxygens (including phenoxy) is 2. The molecular formula is C49H83O12P. The number of hydrogen-bond acceptors (Lipinski definition) is 11. The standard InChI is InChI=1S/C49H83O12P/c1-3-5-7-9-11-13-15-17-19-20-21-22-23-25-27-29-31-33-35-37-39-58-40-42(41-59-62(56,57)61-49-47(54)45(52)44(51)46(53)48(49)55)60-43(50)38-36-34-32-30-28-26-24-18-16-14-12-10-8-6-4-2/h6,8,11-14,17-19,24,28,30,34,36,42,44-49,51-55H,3-5,7,9-10,15-16,20-23,25-27,29,31-33,35,37-41H2,1-2H3,(H,56,57)/b8-6-,13-11-,14-12-,19-17-,24-18-,30-28-,36-34-. The number of aliphatic hydroxyl groups excluding tert-OH is 5. The Balaban J connectivity index is 2.43. The Morgan fingerprint density at radius 3 is 1.45 bits per heavy atom. The van der Waals surface area contributed by atoms with Gasteiger partial charge in [-0.25, -0.2) is 4.57 Å². The summed E-state index contributed by atoms with van der Waals surface area (Å²) in [7, 11) is -5.05. The van der Waals surface area contributed by atoms with E-state index in [0.717, 1.165) is 64.2 Å². The van der Waals surface area contributed by atoms with Gasteiger partial charge in [0.2, 0.25) is 0 Å². The van der Waals surface area contributed by atoms with Crippen molar-refractivity contribution in [3.05, 3.63) is 85.1 Å². The molecule has 0 bridgehead atoms. The summed E-state index contributed by atoms with van der Waals surface area (Å²) in [6.07, 6.45) is 39.7. The van der Waals surface area contributed by atoms with Crippen LogP contribution in [0.1, 0.15) is 155 Å². The average Bonchev–Trinajstić information content (AvgIpc) is 3.26. The zero-order valence-electron chi connectivity index (χ0n) is 37.9. The third-order valence-electron chi connectivity index (χ3n) is 10.3. The van der Waals surface area contributed by atoms with E-state index in [1.165, 1.54) is 64.2 Å². The van der Waals surface area contributed by atoms with Crippen molar-refractivity contribution in [2.75, 3.05) is 19.8 Å². The van der Waals surface area contributed by atoms with Gasteiger partial charge in [-0.1, -0.05) is 163 Å². The van der Waals surface area contributed by atoms with Crippen molar-refractivity contribution in [3.63, 3.8) is 0 Å². The first-order valence-electron chi connectivity index (χ1n) is 23.4. The molecule has 1 fully saturated rings. The molecule has 1 aliphatic rings. The fourth-order valence-electron chi connectivity index (χ4n) is 6.58. The number of carbonyl (C=O) groups is 1. The highest BCUT2D eigenvalue weighted by Crippen LogP contribution is 2.47. The molecule has 13 heteroatoms. The van der Waals surface area contributed by atoms with E-state index >= 15 is 0 Å². The minimum Gasteiger partial charge on any atom is -0.457 e. The zero-order valence-corrected chi connectivity index (χ0v) is 38.8. The van der Waals surface area contributed by atoms with Crippen LogP contribution in [0.15, 0.2) is 85.1 Å². The Morgan fingerprint density at radius 1 is 0.532 bits per heavy atom.